The number of nitrogens with one attached hydrogen (secondary N) is 1. The highest BCUT2D eigenvalue weighted by Gasteiger charge is 2.28. The molecule has 4 rings (SSSR count). The van der Waals surface area contributed by atoms with Gasteiger partial charge in [-0.3, -0.25) is 0 Å². The summed E-state index contributed by atoms with van der Waals surface area (Å²) >= 11 is 0. The van der Waals surface area contributed by atoms with Gasteiger partial charge < -0.3 is 20.7 Å². The van der Waals surface area contributed by atoms with Crippen LogP contribution in [0.25, 0.3) is 11.3 Å². The quantitative estimate of drug-likeness (QED) is 0.876. The van der Waals surface area contributed by atoms with Crippen molar-refractivity contribution in [1.29, 1.82) is 0 Å². The molecule has 2 aromatic rings. The summed E-state index contributed by atoms with van der Waals surface area (Å²) in [6, 6.07) is 6.65. The molecule has 6 heteroatoms. The van der Waals surface area contributed by atoms with Gasteiger partial charge in [0.25, 0.3) is 0 Å². The number of anilines is 2. The third-order valence-electron chi connectivity index (χ3n) is 4.96. The number of likely N-dealkylation sites (N-methyl/N-ethyl adjacent to an activating group) is 1. The van der Waals surface area contributed by atoms with Crippen molar-refractivity contribution in [2.24, 2.45) is 0 Å². The molecule has 0 bridgehead atoms. The summed E-state index contributed by atoms with van der Waals surface area (Å²) in [6.45, 7) is 4.62. The van der Waals surface area contributed by atoms with Crippen molar-refractivity contribution >= 4 is 11.8 Å². The molecule has 0 amide bonds. The summed E-state index contributed by atoms with van der Waals surface area (Å²) < 4.78 is 6.02. The zero-order valence-electron chi connectivity index (χ0n) is 14.2. The zero-order chi connectivity index (χ0) is 16.7. The minimum absolute atomic E-state index is 0.325. The van der Waals surface area contributed by atoms with E-state index < -0.39 is 0 Å². The van der Waals surface area contributed by atoms with Crippen LogP contribution in [0.5, 0.6) is 5.75 Å². The third-order valence-corrected chi connectivity index (χ3v) is 4.96. The molecule has 3 N–H and O–H groups in total. The van der Waals surface area contributed by atoms with E-state index in [4.69, 9.17) is 10.5 Å². The normalized spacial score (nSPS) is 19.4. The molecule has 24 heavy (non-hydrogen) atoms. The highest BCUT2D eigenvalue weighted by molar-refractivity contribution is 5.77. The van der Waals surface area contributed by atoms with Gasteiger partial charge in [-0.25, -0.2) is 4.98 Å². The molecule has 1 aromatic heterocycles. The monoisotopic (exact) mass is 325 g/mol. The lowest BCUT2D eigenvalue weighted by molar-refractivity contribution is 0.324. The Morgan fingerprint density at radius 1 is 1.33 bits per heavy atom. The summed E-state index contributed by atoms with van der Waals surface area (Å²) in [5.41, 5.74) is 10.3. The summed E-state index contributed by atoms with van der Waals surface area (Å²) in [5, 5.41) is 3.35. The summed E-state index contributed by atoms with van der Waals surface area (Å²) in [6.07, 6.45) is 1.90. The second-order valence-electron chi connectivity index (χ2n) is 6.50. The van der Waals surface area contributed by atoms with Crippen molar-refractivity contribution < 1.29 is 4.74 Å². The van der Waals surface area contributed by atoms with Gasteiger partial charge >= 0.3 is 0 Å². The average molecular weight is 325 g/mol. The molecule has 1 atom stereocenters. The van der Waals surface area contributed by atoms with E-state index in [-0.39, 0.29) is 0 Å². The number of aryl methyl sites for hydroxylation is 1. The van der Waals surface area contributed by atoms with Crippen molar-refractivity contribution in [3.05, 3.63) is 29.3 Å². The zero-order valence-corrected chi connectivity index (χ0v) is 14.2. The summed E-state index contributed by atoms with van der Waals surface area (Å²) in [7, 11) is 2.01. The summed E-state index contributed by atoms with van der Waals surface area (Å²) in [4.78, 5) is 11.5. The van der Waals surface area contributed by atoms with Crippen molar-refractivity contribution in [3.63, 3.8) is 0 Å². The van der Waals surface area contributed by atoms with Crippen LogP contribution < -0.4 is 20.7 Å². The van der Waals surface area contributed by atoms with Crippen LogP contribution in [0.4, 0.5) is 11.8 Å². The molecule has 6 nitrogen and oxygen atoms in total. The molecule has 1 saturated heterocycles. The smallest absolute Gasteiger partial charge is 0.222 e. The van der Waals surface area contributed by atoms with Gasteiger partial charge in [-0.1, -0.05) is 12.1 Å². The lowest BCUT2D eigenvalue weighted by Gasteiger charge is -2.22. The fraction of sp³-hybridized carbons (Fsp3) is 0.444. The lowest BCUT2D eigenvalue weighted by atomic mass is 10.0. The molecule has 1 fully saturated rings. The molecular formula is C18H23N5O. The fourth-order valence-corrected chi connectivity index (χ4v) is 3.68. The molecule has 126 valence electrons. The second kappa shape index (κ2) is 5.94. The van der Waals surface area contributed by atoms with E-state index in [0.717, 1.165) is 59.9 Å². The second-order valence-corrected chi connectivity index (χ2v) is 6.50. The van der Waals surface area contributed by atoms with Crippen molar-refractivity contribution in [2.45, 2.75) is 25.8 Å². The van der Waals surface area contributed by atoms with E-state index in [0.29, 0.717) is 18.6 Å². The molecule has 2 aliphatic heterocycles. The number of para-hydroxylation sites is 1. The van der Waals surface area contributed by atoms with Crippen LogP contribution in [0.15, 0.2) is 18.2 Å². The Balaban J connectivity index is 1.85. The minimum Gasteiger partial charge on any atom is -0.492 e. The van der Waals surface area contributed by atoms with Crippen LogP contribution in [0.1, 0.15) is 17.5 Å². The van der Waals surface area contributed by atoms with E-state index in [1.54, 1.807) is 0 Å². The maximum absolute atomic E-state index is 6.06. The van der Waals surface area contributed by atoms with Crippen molar-refractivity contribution in [1.82, 2.24) is 15.3 Å². The Morgan fingerprint density at radius 2 is 2.21 bits per heavy atom. The summed E-state index contributed by atoms with van der Waals surface area (Å²) in [5.74, 6) is 2.20. The molecule has 0 saturated carbocycles. The molecule has 2 aliphatic rings. The van der Waals surface area contributed by atoms with Gasteiger partial charge in [-0.05, 0) is 32.0 Å². The first kappa shape index (κ1) is 15.2. The first-order valence-electron chi connectivity index (χ1n) is 8.48. The molecule has 3 heterocycles. The predicted molar refractivity (Wildman–Crippen MR) is 95.5 cm³/mol. The fourth-order valence-electron chi connectivity index (χ4n) is 3.68. The number of ether oxygens (including phenoxy) is 1. The van der Waals surface area contributed by atoms with E-state index in [9.17, 15) is 0 Å². The number of nitrogen functional groups attached to an aromatic ring is 1. The SMILES string of the molecule is CN[C@@H]1CCN(c2nc(N)nc3c2CCOc2c(C)cccc2-3)C1. The van der Waals surface area contributed by atoms with Crippen LogP contribution in [0.2, 0.25) is 0 Å². The van der Waals surface area contributed by atoms with Crippen LogP contribution in [-0.4, -0.2) is 42.8 Å². The third kappa shape index (κ3) is 2.47. The highest BCUT2D eigenvalue weighted by Crippen LogP contribution is 2.39. The van der Waals surface area contributed by atoms with E-state index in [1.165, 1.54) is 0 Å². The lowest BCUT2D eigenvalue weighted by Crippen LogP contribution is -2.30. The van der Waals surface area contributed by atoms with Crippen molar-refractivity contribution in [2.75, 3.05) is 37.4 Å². The molecular weight excluding hydrogens is 302 g/mol. The topological polar surface area (TPSA) is 76.3 Å². The van der Waals surface area contributed by atoms with Gasteiger partial charge in [-0.15, -0.1) is 0 Å². The Morgan fingerprint density at radius 3 is 3.00 bits per heavy atom. The number of hydrogen-bond donors (Lipinski definition) is 2. The molecule has 0 unspecified atom stereocenters. The first-order chi connectivity index (χ1) is 11.7. The standard InChI is InChI=1S/C18H23N5O/c1-11-4-3-5-13-15-14(7-9-24-16(11)13)17(22-18(19)21-15)23-8-6-12(10-23)20-2/h3-5,12,20H,6-10H2,1-2H3,(H2,19,21,22)/t12-/m1/s1. The minimum atomic E-state index is 0.325. The maximum atomic E-state index is 6.06. The number of fused-ring (bicyclic) bond motifs is 3. The Hall–Kier alpha value is -2.34. The van der Waals surface area contributed by atoms with Gasteiger partial charge in [-0.2, -0.15) is 4.98 Å². The first-order valence-corrected chi connectivity index (χ1v) is 8.48. The Kier molecular flexibility index (Phi) is 3.76. The number of rotatable bonds is 2. The number of benzene rings is 1. The number of nitrogens with zero attached hydrogens (tertiary/aromatic N) is 3. The van der Waals surface area contributed by atoms with E-state index in [1.807, 2.05) is 13.1 Å². The van der Waals surface area contributed by atoms with Crippen LogP contribution >= 0.6 is 0 Å². The number of hydrogen-bond acceptors (Lipinski definition) is 6. The predicted octanol–water partition coefficient (Wildman–Crippen LogP) is 1.77. The Bertz CT molecular complexity index is 776. The molecule has 0 aliphatic carbocycles. The average Bonchev–Trinajstić information content (AvgIpc) is 2.98. The van der Waals surface area contributed by atoms with Crippen LogP contribution in [-0.2, 0) is 6.42 Å². The van der Waals surface area contributed by atoms with Gasteiger partial charge in [0.15, 0.2) is 0 Å². The van der Waals surface area contributed by atoms with E-state index in [2.05, 4.69) is 39.2 Å². The Labute approximate surface area is 142 Å². The van der Waals surface area contributed by atoms with Gasteiger partial charge in [0.1, 0.15) is 11.6 Å². The molecule has 0 spiro atoms. The van der Waals surface area contributed by atoms with Crippen molar-refractivity contribution in [3.8, 4) is 17.0 Å². The van der Waals surface area contributed by atoms with Crippen LogP contribution in [0, 0.1) is 6.92 Å². The van der Waals surface area contributed by atoms with Gasteiger partial charge in [0.2, 0.25) is 5.95 Å². The van der Waals surface area contributed by atoms with Gasteiger partial charge in [0.05, 0.1) is 12.3 Å². The number of nitrogens with two attached hydrogens (primary N) is 1. The highest BCUT2D eigenvalue weighted by atomic mass is 16.5. The van der Waals surface area contributed by atoms with Crippen LogP contribution in [0.3, 0.4) is 0 Å². The maximum Gasteiger partial charge on any atom is 0.222 e. The molecule has 0 radical (unpaired) electrons. The molecule has 1 aromatic carbocycles. The van der Waals surface area contributed by atoms with Gasteiger partial charge in [0, 0.05) is 36.7 Å². The largest absolute Gasteiger partial charge is 0.492 e. The number of aromatic nitrogens is 2. The van der Waals surface area contributed by atoms with E-state index >= 15 is 0 Å².